The SMILES string of the molecule is O=S(=O)(c1cccc(CBr)c1)N1CCCCC1CO. The van der Waals surface area contributed by atoms with Crippen LogP contribution in [-0.4, -0.2) is 37.0 Å². The number of piperidine rings is 1. The Morgan fingerprint density at radius 1 is 1.37 bits per heavy atom. The second-order valence-corrected chi connectivity index (χ2v) is 7.18. The van der Waals surface area contributed by atoms with Gasteiger partial charge >= 0.3 is 0 Å². The highest BCUT2D eigenvalue weighted by Crippen LogP contribution is 2.25. The number of aliphatic hydroxyl groups excluding tert-OH is 1. The first-order valence-electron chi connectivity index (χ1n) is 6.37. The van der Waals surface area contributed by atoms with Gasteiger partial charge < -0.3 is 5.11 Å². The number of alkyl halides is 1. The van der Waals surface area contributed by atoms with Crippen molar-refractivity contribution in [1.82, 2.24) is 4.31 Å². The van der Waals surface area contributed by atoms with Gasteiger partial charge in [0.1, 0.15) is 0 Å². The first-order chi connectivity index (χ1) is 9.09. The number of sulfonamides is 1. The van der Waals surface area contributed by atoms with Gasteiger partial charge in [0.05, 0.1) is 11.5 Å². The summed E-state index contributed by atoms with van der Waals surface area (Å²) in [7, 11) is -3.50. The lowest BCUT2D eigenvalue weighted by Crippen LogP contribution is -2.45. The molecule has 1 saturated heterocycles. The molecule has 1 atom stereocenters. The molecular formula is C13H18BrNO3S. The molecule has 0 bridgehead atoms. The number of rotatable bonds is 4. The van der Waals surface area contributed by atoms with Crippen molar-refractivity contribution in [1.29, 1.82) is 0 Å². The van der Waals surface area contributed by atoms with E-state index in [1.165, 1.54) is 4.31 Å². The monoisotopic (exact) mass is 347 g/mol. The maximum atomic E-state index is 12.6. The molecule has 1 N–H and O–H groups in total. The van der Waals surface area contributed by atoms with Crippen molar-refractivity contribution in [2.75, 3.05) is 13.2 Å². The quantitative estimate of drug-likeness (QED) is 0.848. The van der Waals surface area contributed by atoms with Crippen LogP contribution in [0.2, 0.25) is 0 Å². The van der Waals surface area contributed by atoms with E-state index in [0.29, 0.717) is 16.8 Å². The molecule has 0 amide bonds. The van der Waals surface area contributed by atoms with Gasteiger partial charge in [-0.1, -0.05) is 34.5 Å². The number of nitrogens with zero attached hydrogens (tertiary/aromatic N) is 1. The number of halogens is 1. The topological polar surface area (TPSA) is 57.6 Å². The molecule has 0 aliphatic carbocycles. The van der Waals surface area contributed by atoms with Gasteiger partial charge in [0, 0.05) is 17.9 Å². The van der Waals surface area contributed by atoms with Gasteiger partial charge in [0.25, 0.3) is 0 Å². The Morgan fingerprint density at radius 3 is 2.84 bits per heavy atom. The van der Waals surface area contributed by atoms with Crippen LogP contribution in [0, 0.1) is 0 Å². The highest BCUT2D eigenvalue weighted by Gasteiger charge is 2.32. The van der Waals surface area contributed by atoms with Crippen molar-refractivity contribution >= 4 is 26.0 Å². The van der Waals surface area contributed by atoms with E-state index in [-0.39, 0.29) is 12.6 Å². The van der Waals surface area contributed by atoms with Gasteiger partial charge in [-0.25, -0.2) is 8.42 Å². The number of hydrogen-bond donors (Lipinski definition) is 1. The summed E-state index contributed by atoms with van der Waals surface area (Å²) in [4.78, 5) is 0.310. The molecule has 4 nitrogen and oxygen atoms in total. The van der Waals surface area contributed by atoms with Gasteiger partial charge in [-0.2, -0.15) is 4.31 Å². The molecule has 106 valence electrons. The van der Waals surface area contributed by atoms with Crippen LogP contribution >= 0.6 is 15.9 Å². The molecule has 6 heteroatoms. The standard InChI is InChI=1S/C13H18BrNO3S/c14-9-11-4-3-6-13(8-11)19(17,18)15-7-2-1-5-12(15)10-16/h3-4,6,8,12,16H,1-2,5,7,9-10H2. The molecular weight excluding hydrogens is 330 g/mol. The van der Waals surface area contributed by atoms with Gasteiger partial charge in [0.15, 0.2) is 0 Å². The van der Waals surface area contributed by atoms with E-state index in [9.17, 15) is 13.5 Å². The fourth-order valence-electron chi connectivity index (χ4n) is 2.40. The summed E-state index contributed by atoms with van der Waals surface area (Å²) in [6.07, 6.45) is 2.56. The van der Waals surface area contributed by atoms with Crippen molar-refractivity contribution < 1.29 is 13.5 Å². The average Bonchev–Trinajstić information content (AvgIpc) is 2.47. The highest BCUT2D eigenvalue weighted by atomic mass is 79.9. The zero-order valence-corrected chi connectivity index (χ0v) is 13.0. The molecule has 2 rings (SSSR count). The van der Waals surface area contributed by atoms with E-state index >= 15 is 0 Å². The third-order valence-corrected chi connectivity index (χ3v) is 6.04. The van der Waals surface area contributed by atoms with Crippen LogP contribution in [0.4, 0.5) is 0 Å². The third kappa shape index (κ3) is 3.18. The van der Waals surface area contributed by atoms with Gasteiger partial charge in [-0.3, -0.25) is 0 Å². The first-order valence-corrected chi connectivity index (χ1v) is 8.93. The summed E-state index contributed by atoms with van der Waals surface area (Å²) >= 11 is 3.33. The minimum absolute atomic E-state index is 0.114. The van der Waals surface area contributed by atoms with E-state index < -0.39 is 10.0 Å². The van der Waals surface area contributed by atoms with Gasteiger partial charge in [-0.15, -0.1) is 0 Å². The maximum absolute atomic E-state index is 12.6. The largest absolute Gasteiger partial charge is 0.395 e. The number of aliphatic hydroxyl groups is 1. The lowest BCUT2D eigenvalue weighted by atomic mass is 10.1. The number of benzene rings is 1. The summed E-state index contributed by atoms with van der Waals surface area (Å²) in [6.45, 7) is 0.378. The fourth-order valence-corrected chi connectivity index (χ4v) is 4.50. The van der Waals surface area contributed by atoms with E-state index in [0.717, 1.165) is 24.8 Å². The minimum atomic E-state index is -3.50. The molecule has 1 aliphatic rings. The Labute approximate surface area is 122 Å². The maximum Gasteiger partial charge on any atom is 0.243 e. The summed E-state index contributed by atoms with van der Waals surface area (Å²) in [6, 6.07) is 6.65. The summed E-state index contributed by atoms with van der Waals surface area (Å²) < 4.78 is 26.7. The van der Waals surface area contributed by atoms with Crippen LogP contribution < -0.4 is 0 Å². The lowest BCUT2D eigenvalue weighted by Gasteiger charge is -2.33. The second kappa shape index (κ2) is 6.35. The highest BCUT2D eigenvalue weighted by molar-refractivity contribution is 9.08. The second-order valence-electron chi connectivity index (χ2n) is 4.73. The number of hydrogen-bond acceptors (Lipinski definition) is 3. The molecule has 1 fully saturated rings. The van der Waals surface area contributed by atoms with E-state index in [4.69, 9.17) is 0 Å². The molecule has 1 unspecified atom stereocenters. The summed E-state index contributed by atoms with van der Waals surface area (Å²) in [5, 5.41) is 9.98. The Kier molecular flexibility index (Phi) is 5.00. The predicted molar refractivity (Wildman–Crippen MR) is 77.7 cm³/mol. The molecule has 19 heavy (non-hydrogen) atoms. The minimum Gasteiger partial charge on any atom is -0.395 e. The van der Waals surface area contributed by atoms with Gasteiger partial charge in [0.2, 0.25) is 10.0 Å². The van der Waals surface area contributed by atoms with E-state index in [2.05, 4.69) is 15.9 Å². The normalized spacial score (nSPS) is 21.5. The van der Waals surface area contributed by atoms with Crippen LogP contribution in [-0.2, 0) is 15.4 Å². The first kappa shape index (κ1) is 15.0. The fraction of sp³-hybridized carbons (Fsp3) is 0.538. The lowest BCUT2D eigenvalue weighted by molar-refractivity contribution is 0.155. The Hall–Kier alpha value is -0.430. The molecule has 1 heterocycles. The molecule has 1 aliphatic heterocycles. The van der Waals surface area contributed by atoms with Crippen molar-refractivity contribution in [3.05, 3.63) is 29.8 Å². The smallest absolute Gasteiger partial charge is 0.243 e. The van der Waals surface area contributed by atoms with Crippen molar-refractivity contribution in [3.63, 3.8) is 0 Å². The van der Waals surface area contributed by atoms with Crippen LogP contribution in [0.25, 0.3) is 0 Å². The molecule has 0 aromatic heterocycles. The van der Waals surface area contributed by atoms with E-state index in [1.54, 1.807) is 18.2 Å². The van der Waals surface area contributed by atoms with Gasteiger partial charge in [-0.05, 0) is 30.5 Å². The molecule has 1 aromatic rings. The van der Waals surface area contributed by atoms with Crippen LogP contribution in [0.5, 0.6) is 0 Å². The molecule has 0 saturated carbocycles. The van der Waals surface area contributed by atoms with Crippen LogP contribution in [0.3, 0.4) is 0 Å². The molecule has 1 aromatic carbocycles. The Morgan fingerprint density at radius 2 is 2.16 bits per heavy atom. The molecule has 0 radical (unpaired) electrons. The van der Waals surface area contributed by atoms with Crippen LogP contribution in [0.1, 0.15) is 24.8 Å². The zero-order valence-electron chi connectivity index (χ0n) is 10.6. The average molecular weight is 348 g/mol. The zero-order chi connectivity index (χ0) is 13.9. The Bertz CT molecular complexity index is 532. The predicted octanol–water partition coefficient (Wildman–Crippen LogP) is 2.12. The van der Waals surface area contributed by atoms with E-state index in [1.807, 2.05) is 6.07 Å². The summed E-state index contributed by atoms with van der Waals surface area (Å²) in [5.41, 5.74) is 0.929. The summed E-state index contributed by atoms with van der Waals surface area (Å²) in [5.74, 6) is 0. The van der Waals surface area contributed by atoms with Crippen molar-refractivity contribution in [2.24, 2.45) is 0 Å². The van der Waals surface area contributed by atoms with Crippen LogP contribution in [0.15, 0.2) is 29.2 Å². The third-order valence-electron chi connectivity index (χ3n) is 3.44. The van der Waals surface area contributed by atoms with Crippen molar-refractivity contribution in [3.8, 4) is 0 Å². The molecule has 0 spiro atoms. The van der Waals surface area contributed by atoms with Crippen molar-refractivity contribution in [2.45, 2.75) is 35.5 Å². The Balaban J connectivity index is 2.34.